The maximum Gasteiger partial charge on any atom is 0.331 e. The fourth-order valence-electron chi connectivity index (χ4n) is 5.22. The summed E-state index contributed by atoms with van der Waals surface area (Å²) in [5.74, 6) is -1.51. The van der Waals surface area contributed by atoms with Gasteiger partial charge in [0, 0.05) is 62.4 Å². The molecule has 1 aliphatic rings. The highest BCUT2D eigenvalue weighted by Crippen LogP contribution is 2.21. The summed E-state index contributed by atoms with van der Waals surface area (Å²) in [7, 11) is 0. The molecule has 0 saturated carbocycles. The molecule has 2 aromatic carbocycles. The van der Waals surface area contributed by atoms with E-state index in [1.807, 2.05) is 53.6 Å². The molecule has 8 nitrogen and oxygen atoms in total. The van der Waals surface area contributed by atoms with Crippen LogP contribution in [0.4, 0.5) is 14.5 Å². The number of piperazine rings is 1. The Labute approximate surface area is 230 Å². The summed E-state index contributed by atoms with van der Waals surface area (Å²) >= 11 is 0. The highest BCUT2D eigenvalue weighted by Gasteiger charge is 2.26. The van der Waals surface area contributed by atoms with Gasteiger partial charge in [0.25, 0.3) is 5.56 Å². The van der Waals surface area contributed by atoms with Gasteiger partial charge in [-0.05, 0) is 36.2 Å². The smallest absolute Gasteiger partial charge is 0.331 e. The molecular formula is C30H32F2N6O2. The number of pyridine rings is 1. The molecule has 3 heterocycles. The number of benzene rings is 2. The Bertz CT molecular complexity index is 1560. The second kappa shape index (κ2) is 11.9. The van der Waals surface area contributed by atoms with Crippen LogP contribution in [0.1, 0.15) is 28.4 Å². The number of anilines is 1. The van der Waals surface area contributed by atoms with Crippen LogP contribution in [0.3, 0.4) is 0 Å². The molecule has 10 heteroatoms. The zero-order valence-electron chi connectivity index (χ0n) is 22.3. The van der Waals surface area contributed by atoms with Crippen molar-refractivity contribution in [1.29, 1.82) is 0 Å². The first kappa shape index (κ1) is 27.4. The first-order valence-electron chi connectivity index (χ1n) is 13.3. The van der Waals surface area contributed by atoms with Crippen molar-refractivity contribution in [2.75, 3.05) is 31.1 Å². The van der Waals surface area contributed by atoms with E-state index in [-0.39, 0.29) is 18.7 Å². The van der Waals surface area contributed by atoms with Gasteiger partial charge in [-0.2, -0.15) is 0 Å². The first-order valence-corrected chi connectivity index (χ1v) is 13.3. The molecule has 208 valence electrons. The number of aromatic nitrogens is 3. The zero-order chi connectivity index (χ0) is 28.2. The van der Waals surface area contributed by atoms with E-state index in [0.29, 0.717) is 37.6 Å². The molecule has 1 atom stereocenters. The highest BCUT2D eigenvalue weighted by atomic mass is 19.1. The normalized spacial score (nSPS) is 14.8. The topological polar surface area (TPSA) is 89.4 Å². The van der Waals surface area contributed by atoms with Gasteiger partial charge in [0.1, 0.15) is 17.3 Å². The molecule has 0 spiro atoms. The van der Waals surface area contributed by atoms with Gasteiger partial charge in [0.2, 0.25) is 0 Å². The Morgan fingerprint density at radius 2 is 1.57 bits per heavy atom. The molecule has 0 amide bonds. The van der Waals surface area contributed by atoms with Crippen molar-refractivity contribution in [2.24, 2.45) is 5.73 Å². The van der Waals surface area contributed by atoms with Gasteiger partial charge in [-0.1, -0.05) is 42.5 Å². The quantitative estimate of drug-likeness (QED) is 0.366. The molecule has 4 aromatic rings. The summed E-state index contributed by atoms with van der Waals surface area (Å²) in [5.41, 5.74) is 7.65. The van der Waals surface area contributed by atoms with Crippen LogP contribution in [-0.4, -0.2) is 45.2 Å². The Hall–Kier alpha value is -4.15. The largest absolute Gasteiger partial charge is 0.363 e. The standard InChI is InChI=1S/C30H32F2N6O2/c1-21-28(36-15-13-35(14-16-36)18-22-7-6-12-34-17-22)29(39)38(20-27(33)23-8-3-2-4-9-23)30(40)37(21)19-24-25(31)10-5-11-26(24)32/h2-12,17,27H,13-16,18-20,33H2,1H3/t27-/m0/s1. The summed E-state index contributed by atoms with van der Waals surface area (Å²) in [5, 5.41) is 0. The minimum Gasteiger partial charge on any atom is -0.363 e. The molecule has 1 saturated heterocycles. The zero-order valence-corrected chi connectivity index (χ0v) is 22.3. The third-order valence-electron chi connectivity index (χ3n) is 7.46. The molecule has 0 aliphatic carbocycles. The average molecular weight is 547 g/mol. The van der Waals surface area contributed by atoms with Crippen LogP contribution < -0.4 is 21.9 Å². The molecule has 0 unspecified atom stereocenters. The summed E-state index contributed by atoms with van der Waals surface area (Å²) in [4.78, 5) is 36.0. The lowest BCUT2D eigenvalue weighted by Gasteiger charge is -2.36. The number of nitrogens with two attached hydrogens (primary N) is 1. The summed E-state index contributed by atoms with van der Waals surface area (Å²) < 4.78 is 31.6. The van der Waals surface area contributed by atoms with E-state index in [4.69, 9.17) is 5.73 Å². The second-order valence-corrected chi connectivity index (χ2v) is 10.1. The molecule has 2 aromatic heterocycles. The SMILES string of the molecule is Cc1c(N2CCN(Cc3cccnc3)CC2)c(=O)n(C[C@H](N)c2ccccc2)c(=O)n1Cc1c(F)cccc1F. The maximum atomic E-state index is 14.6. The van der Waals surface area contributed by atoms with Crippen LogP contribution in [0, 0.1) is 18.6 Å². The Morgan fingerprint density at radius 1 is 0.875 bits per heavy atom. The van der Waals surface area contributed by atoms with E-state index in [2.05, 4.69) is 9.88 Å². The van der Waals surface area contributed by atoms with Crippen LogP contribution in [0.5, 0.6) is 0 Å². The second-order valence-electron chi connectivity index (χ2n) is 10.1. The highest BCUT2D eigenvalue weighted by molar-refractivity contribution is 5.50. The third-order valence-corrected chi connectivity index (χ3v) is 7.46. The van der Waals surface area contributed by atoms with E-state index in [9.17, 15) is 18.4 Å². The maximum absolute atomic E-state index is 14.6. The Morgan fingerprint density at radius 3 is 2.23 bits per heavy atom. The summed E-state index contributed by atoms with van der Waals surface area (Å²) in [6, 6.07) is 16.1. The number of hydrogen-bond donors (Lipinski definition) is 1. The van der Waals surface area contributed by atoms with Gasteiger partial charge < -0.3 is 10.6 Å². The van der Waals surface area contributed by atoms with Crippen molar-refractivity contribution >= 4 is 5.69 Å². The van der Waals surface area contributed by atoms with Crippen molar-refractivity contribution < 1.29 is 8.78 Å². The van der Waals surface area contributed by atoms with Gasteiger partial charge >= 0.3 is 5.69 Å². The first-order chi connectivity index (χ1) is 19.3. The molecule has 1 fully saturated rings. The number of nitrogens with zero attached hydrogens (tertiary/aromatic N) is 5. The third kappa shape index (κ3) is 5.73. The molecule has 2 N–H and O–H groups in total. The lowest BCUT2D eigenvalue weighted by Crippen LogP contribution is -2.51. The number of hydrogen-bond acceptors (Lipinski definition) is 6. The predicted molar refractivity (Wildman–Crippen MR) is 150 cm³/mol. The van der Waals surface area contributed by atoms with E-state index in [0.717, 1.165) is 34.4 Å². The van der Waals surface area contributed by atoms with E-state index < -0.39 is 28.9 Å². The van der Waals surface area contributed by atoms with Crippen molar-refractivity contribution in [1.82, 2.24) is 19.0 Å². The fraction of sp³-hybridized carbons (Fsp3) is 0.300. The molecule has 1 aliphatic heterocycles. The van der Waals surface area contributed by atoms with Crippen molar-refractivity contribution in [3.8, 4) is 0 Å². The van der Waals surface area contributed by atoms with Gasteiger partial charge in [-0.15, -0.1) is 0 Å². The Balaban J connectivity index is 1.51. The average Bonchev–Trinajstić information content (AvgIpc) is 2.96. The molecular weight excluding hydrogens is 514 g/mol. The molecule has 0 bridgehead atoms. The lowest BCUT2D eigenvalue weighted by atomic mass is 10.1. The van der Waals surface area contributed by atoms with Gasteiger partial charge in [0.05, 0.1) is 13.1 Å². The van der Waals surface area contributed by atoms with Crippen LogP contribution in [0.2, 0.25) is 0 Å². The fourth-order valence-corrected chi connectivity index (χ4v) is 5.22. The van der Waals surface area contributed by atoms with Crippen molar-refractivity contribution in [3.05, 3.63) is 128 Å². The minimum atomic E-state index is -0.754. The van der Waals surface area contributed by atoms with Crippen molar-refractivity contribution in [2.45, 2.75) is 32.6 Å². The van der Waals surface area contributed by atoms with Gasteiger partial charge in [-0.3, -0.25) is 23.8 Å². The monoisotopic (exact) mass is 546 g/mol. The Kier molecular flexibility index (Phi) is 8.18. The molecule has 0 radical (unpaired) electrons. The van der Waals surface area contributed by atoms with Crippen LogP contribution in [-0.2, 0) is 19.6 Å². The number of rotatable bonds is 8. The minimum absolute atomic E-state index is 0.0737. The van der Waals surface area contributed by atoms with Crippen LogP contribution >= 0.6 is 0 Å². The van der Waals surface area contributed by atoms with Crippen molar-refractivity contribution in [3.63, 3.8) is 0 Å². The summed E-state index contributed by atoms with van der Waals surface area (Å²) in [6.45, 7) is 4.45. The van der Waals surface area contributed by atoms with Gasteiger partial charge in [-0.25, -0.2) is 13.6 Å². The lowest BCUT2D eigenvalue weighted by molar-refractivity contribution is 0.249. The van der Waals surface area contributed by atoms with E-state index in [1.54, 1.807) is 13.1 Å². The van der Waals surface area contributed by atoms with Crippen LogP contribution in [0.15, 0.2) is 82.6 Å². The molecule has 5 rings (SSSR count). The predicted octanol–water partition coefficient (Wildman–Crippen LogP) is 3.06. The summed E-state index contributed by atoms with van der Waals surface area (Å²) in [6.07, 6.45) is 3.57. The van der Waals surface area contributed by atoms with Crippen LogP contribution in [0.25, 0.3) is 0 Å². The van der Waals surface area contributed by atoms with Gasteiger partial charge in [0.15, 0.2) is 0 Å². The molecule has 40 heavy (non-hydrogen) atoms. The number of halogens is 2. The van der Waals surface area contributed by atoms with E-state index >= 15 is 0 Å². The van der Waals surface area contributed by atoms with E-state index in [1.165, 1.54) is 10.6 Å².